The summed E-state index contributed by atoms with van der Waals surface area (Å²) < 4.78 is 37.1. The van der Waals surface area contributed by atoms with Gasteiger partial charge in [0.2, 0.25) is 0 Å². The highest BCUT2D eigenvalue weighted by atomic mass is 32.2. The molecule has 1 heterocycles. The number of hydrogen-bond donors (Lipinski definition) is 1. The van der Waals surface area contributed by atoms with Gasteiger partial charge in [-0.05, 0) is 12.1 Å². The molecule has 2 rings (SSSR count). The van der Waals surface area contributed by atoms with E-state index in [0.29, 0.717) is 6.34 Å². The van der Waals surface area contributed by atoms with Crippen molar-refractivity contribution < 1.29 is 22.7 Å². The van der Waals surface area contributed by atoms with Crippen molar-refractivity contribution in [1.82, 2.24) is 4.31 Å². The van der Waals surface area contributed by atoms with E-state index >= 15 is 0 Å². The average Bonchev–Trinajstić information content (AvgIpc) is 2.28. The SMILES string of the molecule is O=C(O)C(F)N1C=Nc2ccccc2S1(=O)=O. The Labute approximate surface area is 96.1 Å². The number of hydrogen-bond acceptors (Lipinski definition) is 4. The monoisotopic (exact) mass is 258 g/mol. The van der Waals surface area contributed by atoms with Crippen molar-refractivity contribution in [3.8, 4) is 0 Å². The second-order valence-electron chi connectivity index (χ2n) is 3.22. The number of carboxylic acid groups (broad SMARTS) is 1. The number of fused-ring (bicyclic) bond motifs is 1. The fourth-order valence-electron chi connectivity index (χ4n) is 1.37. The summed E-state index contributed by atoms with van der Waals surface area (Å²) in [4.78, 5) is 13.9. The molecule has 0 aromatic heterocycles. The summed E-state index contributed by atoms with van der Waals surface area (Å²) in [5.41, 5.74) is 0.154. The highest BCUT2D eigenvalue weighted by molar-refractivity contribution is 7.89. The number of aliphatic imine (C=N–C) groups is 1. The molecule has 0 saturated carbocycles. The van der Waals surface area contributed by atoms with E-state index in [1.165, 1.54) is 18.2 Å². The fraction of sp³-hybridized carbons (Fsp3) is 0.111. The first-order chi connectivity index (χ1) is 7.94. The molecule has 17 heavy (non-hydrogen) atoms. The van der Waals surface area contributed by atoms with Crippen molar-refractivity contribution in [1.29, 1.82) is 0 Å². The first-order valence-corrected chi connectivity index (χ1v) is 5.92. The maximum atomic E-state index is 13.3. The topological polar surface area (TPSA) is 87.0 Å². The van der Waals surface area contributed by atoms with E-state index in [1.807, 2.05) is 0 Å². The first-order valence-electron chi connectivity index (χ1n) is 4.48. The second kappa shape index (κ2) is 3.81. The maximum Gasteiger partial charge on any atom is 0.360 e. The Kier molecular flexibility index (Phi) is 2.58. The van der Waals surface area contributed by atoms with Gasteiger partial charge in [0.1, 0.15) is 11.2 Å². The molecule has 0 radical (unpaired) electrons. The lowest BCUT2D eigenvalue weighted by Crippen LogP contribution is -2.42. The van der Waals surface area contributed by atoms with Gasteiger partial charge in [-0.2, -0.15) is 0 Å². The van der Waals surface area contributed by atoms with Gasteiger partial charge >= 0.3 is 5.97 Å². The lowest BCUT2D eigenvalue weighted by atomic mass is 10.3. The summed E-state index contributed by atoms with van der Waals surface area (Å²) in [5.74, 6) is -1.89. The van der Waals surface area contributed by atoms with Gasteiger partial charge in [0.25, 0.3) is 16.3 Å². The minimum absolute atomic E-state index is 0.0810. The Morgan fingerprint density at radius 2 is 2.06 bits per heavy atom. The molecule has 8 heteroatoms. The molecular weight excluding hydrogens is 251 g/mol. The molecule has 0 spiro atoms. The molecule has 0 fully saturated rings. The number of alkyl halides is 1. The third-order valence-corrected chi connectivity index (χ3v) is 3.89. The molecule has 1 aliphatic rings. The second-order valence-corrected chi connectivity index (χ2v) is 5.03. The van der Waals surface area contributed by atoms with Crippen LogP contribution in [0.15, 0.2) is 34.2 Å². The van der Waals surface area contributed by atoms with Gasteiger partial charge < -0.3 is 5.11 Å². The Balaban J connectivity index is 2.55. The van der Waals surface area contributed by atoms with Crippen molar-refractivity contribution in [2.24, 2.45) is 4.99 Å². The molecule has 1 aliphatic heterocycles. The van der Waals surface area contributed by atoms with Crippen LogP contribution >= 0.6 is 0 Å². The minimum Gasteiger partial charge on any atom is -0.478 e. The summed E-state index contributed by atoms with van der Waals surface area (Å²) >= 11 is 0. The molecule has 0 aliphatic carbocycles. The number of nitrogens with zero attached hydrogens (tertiary/aromatic N) is 2. The lowest BCUT2D eigenvalue weighted by molar-refractivity contribution is -0.145. The summed E-state index contributed by atoms with van der Waals surface area (Å²) in [6.07, 6.45) is -2.02. The minimum atomic E-state index is -4.20. The molecule has 1 aromatic carbocycles. The van der Waals surface area contributed by atoms with E-state index in [0.717, 1.165) is 0 Å². The Hall–Kier alpha value is -1.96. The molecule has 6 nitrogen and oxygen atoms in total. The molecule has 90 valence electrons. The van der Waals surface area contributed by atoms with Gasteiger partial charge in [-0.25, -0.2) is 26.9 Å². The lowest BCUT2D eigenvalue weighted by Gasteiger charge is -2.24. The van der Waals surface area contributed by atoms with Crippen molar-refractivity contribution in [2.45, 2.75) is 11.2 Å². The van der Waals surface area contributed by atoms with Crippen molar-refractivity contribution in [3.63, 3.8) is 0 Å². The van der Waals surface area contributed by atoms with Crippen LogP contribution in [0, 0.1) is 0 Å². The van der Waals surface area contributed by atoms with Crippen LogP contribution < -0.4 is 0 Å². The van der Waals surface area contributed by atoms with Crippen molar-refractivity contribution in [2.75, 3.05) is 0 Å². The molecular formula is C9H7FN2O4S. The van der Waals surface area contributed by atoms with Gasteiger partial charge in [0.05, 0.1) is 5.69 Å². The van der Waals surface area contributed by atoms with Crippen LogP contribution in [0.4, 0.5) is 10.1 Å². The Morgan fingerprint density at radius 3 is 2.71 bits per heavy atom. The third-order valence-electron chi connectivity index (χ3n) is 2.16. The van der Waals surface area contributed by atoms with Crippen molar-refractivity contribution >= 4 is 28.0 Å². The molecule has 0 bridgehead atoms. The highest BCUT2D eigenvalue weighted by Gasteiger charge is 2.37. The number of sulfonamides is 1. The normalized spacial score (nSPS) is 18.5. The smallest absolute Gasteiger partial charge is 0.360 e. The van der Waals surface area contributed by atoms with Gasteiger partial charge in [0.15, 0.2) is 0 Å². The van der Waals surface area contributed by atoms with Crippen LogP contribution in [0.1, 0.15) is 0 Å². The zero-order valence-corrected chi connectivity index (χ0v) is 9.13. The quantitative estimate of drug-likeness (QED) is 0.792. The van der Waals surface area contributed by atoms with Crippen LogP contribution in [-0.2, 0) is 14.8 Å². The van der Waals surface area contributed by atoms with E-state index < -0.39 is 22.3 Å². The Morgan fingerprint density at radius 1 is 1.41 bits per heavy atom. The number of benzene rings is 1. The van der Waals surface area contributed by atoms with Crippen LogP contribution in [-0.4, -0.2) is 36.4 Å². The molecule has 0 saturated heterocycles. The Bertz CT molecular complexity index is 599. The van der Waals surface area contributed by atoms with Crippen LogP contribution in [0.3, 0.4) is 0 Å². The highest BCUT2D eigenvalue weighted by Crippen LogP contribution is 2.31. The molecule has 1 N–H and O–H groups in total. The molecule has 1 atom stereocenters. The van der Waals surface area contributed by atoms with Gasteiger partial charge in [-0.1, -0.05) is 12.1 Å². The number of carbonyl (C=O) groups is 1. The zero-order chi connectivity index (χ0) is 12.6. The van der Waals surface area contributed by atoms with E-state index in [1.54, 1.807) is 6.07 Å². The first kappa shape index (κ1) is 11.5. The average molecular weight is 258 g/mol. The number of carboxylic acids is 1. The predicted molar refractivity (Wildman–Crippen MR) is 56.2 cm³/mol. The predicted octanol–water partition coefficient (Wildman–Crippen LogP) is 0.731. The van der Waals surface area contributed by atoms with Crippen LogP contribution in [0.25, 0.3) is 0 Å². The fourth-order valence-corrected chi connectivity index (χ4v) is 2.73. The van der Waals surface area contributed by atoms with E-state index in [2.05, 4.69) is 4.99 Å². The summed E-state index contributed by atoms with van der Waals surface area (Å²) in [6, 6.07) is 5.70. The van der Waals surface area contributed by atoms with Crippen molar-refractivity contribution in [3.05, 3.63) is 24.3 Å². The van der Waals surface area contributed by atoms with Gasteiger partial charge in [-0.3, -0.25) is 0 Å². The molecule has 1 aromatic rings. The van der Waals surface area contributed by atoms with E-state index in [9.17, 15) is 17.6 Å². The molecule has 0 amide bonds. The number of para-hydroxylation sites is 1. The summed E-state index contributed by atoms with van der Waals surface area (Å²) in [6.45, 7) is 0. The van der Waals surface area contributed by atoms with E-state index in [-0.39, 0.29) is 14.9 Å². The number of rotatable bonds is 2. The third kappa shape index (κ3) is 1.76. The maximum absolute atomic E-state index is 13.3. The number of aliphatic carboxylic acids is 1. The van der Waals surface area contributed by atoms with Gasteiger partial charge in [-0.15, -0.1) is 0 Å². The zero-order valence-electron chi connectivity index (χ0n) is 8.32. The summed E-state index contributed by atoms with van der Waals surface area (Å²) in [7, 11) is -4.20. The van der Waals surface area contributed by atoms with Gasteiger partial charge in [0, 0.05) is 0 Å². The molecule has 1 unspecified atom stereocenters. The summed E-state index contributed by atoms with van der Waals surface area (Å²) in [5, 5.41) is 8.47. The number of halogens is 1. The van der Waals surface area contributed by atoms with Crippen LogP contribution in [0.5, 0.6) is 0 Å². The largest absolute Gasteiger partial charge is 0.478 e. The van der Waals surface area contributed by atoms with Crippen LogP contribution in [0.2, 0.25) is 0 Å². The standard InChI is InChI=1S/C9H7FN2O4S/c10-8(9(13)14)12-5-11-6-3-1-2-4-7(6)17(12,15)16/h1-5,8H,(H,13,14). The van der Waals surface area contributed by atoms with E-state index in [4.69, 9.17) is 5.11 Å².